The number of nitrogens with zero attached hydrogens (tertiary/aromatic N) is 4. The van der Waals surface area contributed by atoms with Crippen LogP contribution in [0.2, 0.25) is 0 Å². The van der Waals surface area contributed by atoms with E-state index in [1.54, 1.807) is 37.7 Å². The number of aromatic nitrogens is 4. The van der Waals surface area contributed by atoms with Crippen molar-refractivity contribution >= 4 is 34.5 Å². The summed E-state index contributed by atoms with van der Waals surface area (Å²) < 4.78 is 7.25. The number of nitrogens with two attached hydrogens (primary N) is 2. The van der Waals surface area contributed by atoms with Gasteiger partial charge in [-0.25, -0.2) is 15.0 Å². The van der Waals surface area contributed by atoms with Gasteiger partial charge < -0.3 is 26.1 Å². The van der Waals surface area contributed by atoms with Crippen LogP contribution in [0, 0.1) is 5.92 Å². The smallest absolute Gasteiger partial charge is 0.248 e. The van der Waals surface area contributed by atoms with Gasteiger partial charge in [0.15, 0.2) is 17.3 Å². The third-order valence-electron chi connectivity index (χ3n) is 6.65. The molecule has 2 heterocycles. The molecule has 2 aromatic carbocycles. The molecule has 0 unspecified atom stereocenters. The molecule has 0 bridgehead atoms. The molecule has 5 N–H and O–H groups in total. The number of nitrogens with one attached hydrogen (secondary N) is 1. The normalized spacial score (nSPS) is 17.6. The first-order chi connectivity index (χ1) is 17.4. The minimum Gasteiger partial charge on any atom is -0.497 e. The Labute approximate surface area is 207 Å². The number of nitrogen functional groups attached to an aromatic ring is 1. The largest absolute Gasteiger partial charge is 0.497 e. The van der Waals surface area contributed by atoms with E-state index in [2.05, 4.69) is 15.3 Å². The minimum absolute atomic E-state index is 0.0142. The molecule has 1 aliphatic rings. The molecule has 0 atom stereocenters. The predicted octanol–water partition coefficient (Wildman–Crippen LogP) is 3.55. The van der Waals surface area contributed by atoms with E-state index in [-0.39, 0.29) is 23.7 Å². The third kappa shape index (κ3) is 4.57. The Hall–Kier alpha value is -4.47. The van der Waals surface area contributed by atoms with Gasteiger partial charge in [-0.2, -0.15) is 0 Å². The van der Waals surface area contributed by atoms with E-state index in [4.69, 9.17) is 21.2 Å². The lowest BCUT2D eigenvalue weighted by molar-refractivity contribution is -0.121. The summed E-state index contributed by atoms with van der Waals surface area (Å²) in [6, 6.07) is 14.3. The van der Waals surface area contributed by atoms with E-state index in [0.717, 1.165) is 31.4 Å². The summed E-state index contributed by atoms with van der Waals surface area (Å²) >= 11 is 0. The highest BCUT2D eigenvalue weighted by Gasteiger charge is 2.29. The molecule has 2 amide bonds. The van der Waals surface area contributed by atoms with Crippen molar-refractivity contribution in [2.24, 2.45) is 11.7 Å². The summed E-state index contributed by atoms with van der Waals surface area (Å²) in [5.41, 5.74) is 14.5. The van der Waals surface area contributed by atoms with E-state index in [9.17, 15) is 9.59 Å². The molecule has 1 saturated carbocycles. The van der Waals surface area contributed by atoms with Crippen LogP contribution in [0.4, 0.5) is 11.5 Å². The SMILES string of the molecule is COc1cccc(NC(=O)[C@H]2CC[C@@H](n3cnc4c(N)nc(-c5cccc(C(N)=O)c5)nc43)CC2)c1. The number of methoxy groups -OCH3 is 1. The average molecular weight is 486 g/mol. The first-order valence-corrected chi connectivity index (χ1v) is 11.8. The van der Waals surface area contributed by atoms with Gasteiger partial charge in [-0.1, -0.05) is 18.2 Å². The van der Waals surface area contributed by atoms with Gasteiger partial charge >= 0.3 is 0 Å². The van der Waals surface area contributed by atoms with Gasteiger partial charge in [0.1, 0.15) is 11.3 Å². The molecule has 10 nitrogen and oxygen atoms in total. The van der Waals surface area contributed by atoms with E-state index in [1.807, 2.05) is 28.8 Å². The van der Waals surface area contributed by atoms with Crippen molar-refractivity contribution in [1.82, 2.24) is 19.5 Å². The molecule has 2 aromatic heterocycles. The maximum Gasteiger partial charge on any atom is 0.248 e. The molecular weight excluding hydrogens is 458 g/mol. The fourth-order valence-corrected chi connectivity index (χ4v) is 4.71. The van der Waals surface area contributed by atoms with Crippen LogP contribution in [0.15, 0.2) is 54.9 Å². The summed E-state index contributed by atoms with van der Waals surface area (Å²) in [5.74, 6) is 0.781. The van der Waals surface area contributed by atoms with Gasteiger partial charge in [0.2, 0.25) is 11.8 Å². The summed E-state index contributed by atoms with van der Waals surface area (Å²) in [7, 11) is 1.60. The number of fused-ring (bicyclic) bond motifs is 1. The first-order valence-electron chi connectivity index (χ1n) is 11.8. The molecule has 36 heavy (non-hydrogen) atoms. The summed E-state index contributed by atoms with van der Waals surface area (Å²) in [5, 5.41) is 3.00. The van der Waals surface area contributed by atoms with Crippen LogP contribution in [-0.4, -0.2) is 38.4 Å². The van der Waals surface area contributed by atoms with Crippen LogP contribution >= 0.6 is 0 Å². The lowest BCUT2D eigenvalue weighted by atomic mass is 9.85. The zero-order chi connectivity index (χ0) is 25.2. The number of amides is 2. The quantitative estimate of drug-likeness (QED) is 0.378. The number of hydrogen-bond acceptors (Lipinski definition) is 7. The summed E-state index contributed by atoms with van der Waals surface area (Å²) in [6.45, 7) is 0. The monoisotopic (exact) mass is 485 g/mol. The van der Waals surface area contributed by atoms with Gasteiger partial charge in [0.05, 0.1) is 13.4 Å². The van der Waals surface area contributed by atoms with E-state index in [1.165, 1.54) is 0 Å². The van der Waals surface area contributed by atoms with Crippen molar-refractivity contribution in [3.63, 3.8) is 0 Å². The maximum atomic E-state index is 12.9. The number of carbonyl (C=O) groups is 2. The second kappa shape index (κ2) is 9.65. The molecule has 4 aromatic rings. The number of primary amides is 1. The molecule has 10 heteroatoms. The Kier molecular flexibility index (Phi) is 6.24. The zero-order valence-electron chi connectivity index (χ0n) is 19.8. The van der Waals surface area contributed by atoms with Gasteiger partial charge in [-0.05, 0) is 49.9 Å². The van der Waals surface area contributed by atoms with E-state index < -0.39 is 5.91 Å². The van der Waals surface area contributed by atoms with Crippen LogP contribution in [0.1, 0.15) is 42.1 Å². The Morgan fingerprint density at radius 3 is 2.58 bits per heavy atom. The average Bonchev–Trinajstić information content (AvgIpc) is 3.33. The van der Waals surface area contributed by atoms with Crippen molar-refractivity contribution in [2.45, 2.75) is 31.7 Å². The fourth-order valence-electron chi connectivity index (χ4n) is 4.71. The van der Waals surface area contributed by atoms with Gasteiger partial charge in [0, 0.05) is 34.8 Å². The van der Waals surface area contributed by atoms with Crippen molar-refractivity contribution in [1.29, 1.82) is 0 Å². The number of carbonyl (C=O) groups excluding carboxylic acids is 2. The van der Waals surface area contributed by atoms with Crippen LogP contribution < -0.4 is 21.5 Å². The number of rotatable bonds is 6. The van der Waals surface area contributed by atoms with Gasteiger partial charge in [0.25, 0.3) is 0 Å². The Bertz CT molecular complexity index is 1440. The van der Waals surface area contributed by atoms with Crippen molar-refractivity contribution in [3.8, 4) is 17.1 Å². The molecule has 184 valence electrons. The zero-order valence-corrected chi connectivity index (χ0v) is 19.8. The van der Waals surface area contributed by atoms with Gasteiger partial charge in [-0.15, -0.1) is 0 Å². The van der Waals surface area contributed by atoms with E-state index in [0.29, 0.717) is 33.9 Å². The molecular formula is C26H27N7O3. The second-order valence-electron chi connectivity index (χ2n) is 8.93. The molecule has 0 radical (unpaired) electrons. The molecule has 0 aliphatic heterocycles. The highest BCUT2D eigenvalue weighted by Crippen LogP contribution is 2.35. The number of benzene rings is 2. The van der Waals surface area contributed by atoms with Crippen LogP contribution in [-0.2, 0) is 4.79 Å². The van der Waals surface area contributed by atoms with Crippen molar-refractivity contribution in [3.05, 3.63) is 60.4 Å². The number of imidazole rings is 1. The second-order valence-corrected chi connectivity index (χ2v) is 8.93. The molecule has 1 fully saturated rings. The molecule has 0 saturated heterocycles. The van der Waals surface area contributed by atoms with Crippen molar-refractivity contribution < 1.29 is 14.3 Å². The molecule has 1 aliphatic carbocycles. The number of hydrogen-bond donors (Lipinski definition) is 3. The summed E-state index contributed by atoms with van der Waals surface area (Å²) in [4.78, 5) is 38.0. The minimum atomic E-state index is -0.525. The van der Waals surface area contributed by atoms with Crippen LogP contribution in [0.3, 0.4) is 0 Å². The van der Waals surface area contributed by atoms with Crippen LogP contribution in [0.25, 0.3) is 22.6 Å². The van der Waals surface area contributed by atoms with Crippen LogP contribution in [0.5, 0.6) is 5.75 Å². The number of anilines is 2. The standard InChI is InChI=1S/C26H27N7O3/c1-36-20-7-3-6-18(13-20)30-26(35)15-8-10-19(11-9-15)33-14-29-21-22(27)31-24(32-25(21)33)17-5-2-4-16(12-17)23(28)34/h2-7,12-15,19H,8-11H2,1H3,(H2,28,34)(H,30,35)(H2,27,31,32)/t15-,19+. The highest BCUT2D eigenvalue weighted by molar-refractivity contribution is 5.94. The van der Waals surface area contributed by atoms with E-state index >= 15 is 0 Å². The van der Waals surface area contributed by atoms with Gasteiger partial charge in [-0.3, -0.25) is 9.59 Å². The first kappa shape index (κ1) is 23.3. The fraction of sp³-hybridized carbons (Fsp3) is 0.269. The molecule has 5 rings (SSSR count). The predicted molar refractivity (Wildman–Crippen MR) is 136 cm³/mol. The Balaban J connectivity index is 1.33. The lowest BCUT2D eigenvalue weighted by Crippen LogP contribution is -2.28. The third-order valence-corrected chi connectivity index (χ3v) is 6.65. The topological polar surface area (TPSA) is 151 Å². The molecule has 0 spiro atoms. The highest BCUT2D eigenvalue weighted by atomic mass is 16.5. The Morgan fingerprint density at radius 1 is 1.06 bits per heavy atom. The summed E-state index contributed by atoms with van der Waals surface area (Å²) in [6.07, 6.45) is 4.83. The number of ether oxygens (including phenoxy) is 1. The van der Waals surface area contributed by atoms with Crippen molar-refractivity contribution in [2.75, 3.05) is 18.2 Å². The maximum absolute atomic E-state index is 12.9. The Morgan fingerprint density at radius 2 is 1.83 bits per heavy atom. The lowest BCUT2D eigenvalue weighted by Gasteiger charge is -2.28.